The van der Waals surface area contributed by atoms with Gasteiger partial charge < -0.3 is 5.73 Å². The van der Waals surface area contributed by atoms with Crippen LogP contribution in [0.15, 0.2) is 35.7 Å². The van der Waals surface area contributed by atoms with Crippen molar-refractivity contribution in [2.24, 2.45) is 5.73 Å². The molecule has 1 aromatic rings. The molecule has 0 radical (unpaired) electrons. The third-order valence-corrected chi connectivity index (χ3v) is 5.40. The Morgan fingerprint density at radius 2 is 1.72 bits per heavy atom. The van der Waals surface area contributed by atoms with Crippen molar-refractivity contribution >= 4 is 15.5 Å². The van der Waals surface area contributed by atoms with Gasteiger partial charge in [0.15, 0.2) is 9.84 Å². The van der Waals surface area contributed by atoms with Crippen molar-refractivity contribution in [1.82, 2.24) is 0 Å². The van der Waals surface area contributed by atoms with E-state index in [2.05, 4.69) is 0 Å². The van der Waals surface area contributed by atoms with Crippen LogP contribution in [0.4, 0.5) is 0 Å². The van der Waals surface area contributed by atoms with Crippen molar-refractivity contribution in [1.29, 1.82) is 0 Å². The maximum atomic E-state index is 12.2. The van der Waals surface area contributed by atoms with E-state index in [4.69, 9.17) is 5.73 Å². The van der Waals surface area contributed by atoms with E-state index in [-0.39, 0.29) is 5.25 Å². The highest BCUT2D eigenvalue weighted by atomic mass is 32.2. The molecule has 0 bridgehead atoms. The van der Waals surface area contributed by atoms with Gasteiger partial charge in [0.2, 0.25) is 0 Å². The van der Waals surface area contributed by atoms with Crippen molar-refractivity contribution in [3.05, 3.63) is 41.3 Å². The summed E-state index contributed by atoms with van der Waals surface area (Å²) in [6.07, 6.45) is 4.68. The molecule has 1 fully saturated rings. The van der Waals surface area contributed by atoms with Crippen LogP contribution in [0.25, 0.3) is 5.70 Å². The molecule has 2 N–H and O–H groups in total. The molecule has 0 amide bonds. The SMILES string of the molecule is N/C(=C\S(=O)(=O)C1CCCCC1)c1ccccc1. The molecule has 1 aliphatic rings. The molecular formula is C14H19NO2S. The average molecular weight is 265 g/mol. The standard InChI is InChI=1S/C14H19NO2S/c15-14(12-7-3-1-4-8-12)11-18(16,17)13-9-5-2-6-10-13/h1,3-4,7-8,11,13H,2,5-6,9-10,15H2/b14-11-. The van der Waals surface area contributed by atoms with Gasteiger partial charge in [0.05, 0.1) is 16.4 Å². The first-order valence-corrected chi connectivity index (χ1v) is 7.97. The Morgan fingerprint density at radius 3 is 2.33 bits per heavy atom. The molecule has 4 heteroatoms. The van der Waals surface area contributed by atoms with Crippen LogP contribution in [-0.2, 0) is 9.84 Å². The van der Waals surface area contributed by atoms with Gasteiger partial charge in [-0.15, -0.1) is 0 Å². The second-order valence-electron chi connectivity index (χ2n) is 4.79. The normalized spacial score (nSPS) is 18.8. The number of hydrogen-bond acceptors (Lipinski definition) is 3. The highest BCUT2D eigenvalue weighted by molar-refractivity contribution is 7.95. The Balaban J connectivity index is 2.20. The van der Waals surface area contributed by atoms with E-state index in [1.54, 1.807) is 0 Å². The van der Waals surface area contributed by atoms with Crippen molar-refractivity contribution < 1.29 is 8.42 Å². The largest absolute Gasteiger partial charge is 0.398 e. The molecule has 18 heavy (non-hydrogen) atoms. The quantitative estimate of drug-likeness (QED) is 0.914. The van der Waals surface area contributed by atoms with Crippen LogP contribution in [0.5, 0.6) is 0 Å². The molecule has 0 heterocycles. The predicted octanol–water partition coefficient (Wildman–Crippen LogP) is 2.69. The summed E-state index contributed by atoms with van der Waals surface area (Å²) in [6.45, 7) is 0. The maximum Gasteiger partial charge on any atom is 0.176 e. The third kappa shape index (κ3) is 3.13. The summed E-state index contributed by atoms with van der Waals surface area (Å²) in [5.74, 6) is 0. The lowest BCUT2D eigenvalue weighted by Crippen LogP contribution is -2.22. The van der Waals surface area contributed by atoms with Gasteiger partial charge in [-0.1, -0.05) is 49.6 Å². The average Bonchev–Trinajstić information content (AvgIpc) is 2.40. The summed E-state index contributed by atoms with van der Waals surface area (Å²) in [4.78, 5) is 0. The summed E-state index contributed by atoms with van der Waals surface area (Å²) >= 11 is 0. The van der Waals surface area contributed by atoms with Crippen LogP contribution in [0.3, 0.4) is 0 Å². The molecule has 0 spiro atoms. The van der Waals surface area contributed by atoms with E-state index in [0.717, 1.165) is 37.7 Å². The fraction of sp³-hybridized carbons (Fsp3) is 0.429. The zero-order valence-electron chi connectivity index (χ0n) is 10.4. The number of nitrogens with two attached hydrogens (primary N) is 1. The van der Waals surface area contributed by atoms with Crippen LogP contribution in [0, 0.1) is 0 Å². The van der Waals surface area contributed by atoms with Crippen molar-refractivity contribution in [2.45, 2.75) is 37.4 Å². The molecule has 0 aliphatic heterocycles. The Labute approximate surface area is 109 Å². The van der Waals surface area contributed by atoms with Crippen molar-refractivity contribution in [2.75, 3.05) is 0 Å². The van der Waals surface area contributed by atoms with Gasteiger partial charge in [0.1, 0.15) is 0 Å². The summed E-state index contributed by atoms with van der Waals surface area (Å²) in [5.41, 5.74) is 6.97. The predicted molar refractivity (Wildman–Crippen MR) is 74.4 cm³/mol. The van der Waals surface area contributed by atoms with Gasteiger partial charge in [-0.05, 0) is 18.4 Å². The zero-order chi connectivity index (χ0) is 13.0. The molecule has 98 valence electrons. The Hall–Kier alpha value is -1.29. The topological polar surface area (TPSA) is 60.2 Å². The van der Waals surface area contributed by atoms with Gasteiger partial charge in [-0.25, -0.2) is 8.42 Å². The van der Waals surface area contributed by atoms with E-state index >= 15 is 0 Å². The summed E-state index contributed by atoms with van der Waals surface area (Å²) < 4.78 is 24.4. The van der Waals surface area contributed by atoms with E-state index in [0.29, 0.717) is 5.70 Å². The van der Waals surface area contributed by atoms with Gasteiger partial charge in [0, 0.05) is 0 Å². The Bertz CT molecular complexity index is 514. The third-order valence-electron chi connectivity index (χ3n) is 3.42. The second kappa shape index (κ2) is 5.57. The van der Waals surface area contributed by atoms with Crippen LogP contribution < -0.4 is 5.73 Å². The lowest BCUT2D eigenvalue weighted by atomic mass is 10.0. The van der Waals surface area contributed by atoms with Crippen molar-refractivity contribution in [3.63, 3.8) is 0 Å². The first kappa shape index (κ1) is 13.1. The minimum Gasteiger partial charge on any atom is -0.398 e. The zero-order valence-corrected chi connectivity index (χ0v) is 11.2. The molecule has 1 saturated carbocycles. The summed E-state index contributed by atoms with van der Waals surface area (Å²) in [5, 5.41) is 1.01. The molecule has 1 aromatic carbocycles. The van der Waals surface area contributed by atoms with Crippen LogP contribution in [0.1, 0.15) is 37.7 Å². The second-order valence-corrected chi connectivity index (χ2v) is 6.87. The van der Waals surface area contributed by atoms with Crippen LogP contribution >= 0.6 is 0 Å². The lowest BCUT2D eigenvalue weighted by molar-refractivity contribution is 0.487. The van der Waals surface area contributed by atoms with Crippen LogP contribution in [0.2, 0.25) is 0 Å². The fourth-order valence-electron chi connectivity index (χ4n) is 2.37. The minimum absolute atomic E-state index is 0.242. The van der Waals surface area contributed by atoms with E-state index < -0.39 is 9.84 Å². The lowest BCUT2D eigenvalue weighted by Gasteiger charge is -2.20. The van der Waals surface area contributed by atoms with Gasteiger partial charge >= 0.3 is 0 Å². The minimum atomic E-state index is -3.22. The van der Waals surface area contributed by atoms with Crippen molar-refractivity contribution in [3.8, 4) is 0 Å². The molecule has 1 aliphatic carbocycles. The summed E-state index contributed by atoms with van der Waals surface area (Å²) in [7, 11) is -3.22. The molecule has 0 saturated heterocycles. The highest BCUT2D eigenvalue weighted by Gasteiger charge is 2.25. The van der Waals surface area contributed by atoms with E-state index in [1.807, 2.05) is 30.3 Å². The number of rotatable bonds is 3. The molecule has 3 nitrogen and oxygen atoms in total. The highest BCUT2D eigenvalue weighted by Crippen LogP contribution is 2.25. The van der Waals surface area contributed by atoms with E-state index in [1.165, 1.54) is 5.41 Å². The number of benzene rings is 1. The monoisotopic (exact) mass is 265 g/mol. The maximum absolute atomic E-state index is 12.2. The molecule has 0 atom stereocenters. The smallest absolute Gasteiger partial charge is 0.176 e. The molecule has 2 rings (SSSR count). The van der Waals surface area contributed by atoms with Gasteiger partial charge in [0.25, 0.3) is 0 Å². The van der Waals surface area contributed by atoms with Gasteiger partial charge in [-0.2, -0.15) is 0 Å². The first-order chi connectivity index (χ1) is 8.59. The molecule has 0 aromatic heterocycles. The molecular weight excluding hydrogens is 246 g/mol. The number of hydrogen-bond donors (Lipinski definition) is 1. The molecule has 0 unspecified atom stereocenters. The van der Waals surface area contributed by atoms with E-state index in [9.17, 15) is 8.42 Å². The first-order valence-electron chi connectivity index (χ1n) is 6.36. The Morgan fingerprint density at radius 1 is 1.11 bits per heavy atom. The summed E-state index contributed by atoms with van der Waals surface area (Å²) in [6, 6.07) is 9.23. The fourth-order valence-corrected chi connectivity index (χ4v) is 4.04. The number of sulfone groups is 1. The van der Waals surface area contributed by atoms with Gasteiger partial charge in [-0.3, -0.25) is 0 Å². The Kier molecular flexibility index (Phi) is 4.07. The van der Waals surface area contributed by atoms with Crippen LogP contribution in [-0.4, -0.2) is 13.7 Å².